The highest BCUT2D eigenvalue weighted by Gasteiger charge is 2.15. The van der Waals surface area contributed by atoms with Gasteiger partial charge in [-0.15, -0.1) is 0 Å². The third kappa shape index (κ3) is 3.75. The van der Waals surface area contributed by atoms with Gasteiger partial charge < -0.3 is 11.1 Å². The van der Waals surface area contributed by atoms with E-state index in [0.29, 0.717) is 23.8 Å². The molecule has 0 saturated carbocycles. The van der Waals surface area contributed by atoms with E-state index in [4.69, 9.17) is 5.73 Å². The Morgan fingerprint density at radius 3 is 2.78 bits per heavy atom. The van der Waals surface area contributed by atoms with Crippen LogP contribution in [0, 0.1) is 5.92 Å². The molecule has 5 nitrogen and oxygen atoms in total. The molecule has 5 heteroatoms. The fraction of sp³-hybridized carbons (Fsp3) is 0.692. The summed E-state index contributed by atoms with van der Waals surface area (Å²) < 4.78 is 1.51. The van der Waals surface area contributed by atoms with Gasteiger partial charge in [0.25, 0.3) is 5.91 Å². The molecule has 3 N–H and O–H groups in total. The largest absolute Gasteiger partial charge is 0.396 e. The first-order valence-corrected chi connectivity index (χ1v) is 6.65. The molecule has 0 spiro atoms. The maximum Gasteiger partial charge on any atom is 0.271 e. The second kappa shape index (κ2) is 7.03. The SMILES string of the molecule is CCCCC(CC)CNC(=O)c1c(N)cnn1C. The quantitative estimate of drug-likeness (QED) is 0.779. The normalized spacial score (nSPS) is 12.4. The van der Waals surface area contributed by atoms with Crippen LogP contribution in [0.1, 0.15) is 50.0 Å². The molecule has 18 heavy (non-hydrogen) atoms. The molecule has 102 valence electrons. The first-order valence-electron chi connectivity index (χ1n) is 6.65. The number of aryl methyl sites for hydroxylation is 1. The second-order valence-electron chi connectivity index (χ2n) is 4.70. The Labute approximate surface area is 109 Å². The van der Waals surface area contributed by atoms with E-state index >= 15 is 0 Å². The van der Waals surface area contributed by atoms with Gasteiger partial charge in [0, 0.05) is 13.6 Å². The Hall–Kier alpha value is -1.52. The van der Waals surface area contributed by atoms with Gasteiger partial charge >= 0.3 is 0 Å². The monoisotopic (exact) mass is 252 g/mol. The fourth-order valence-corrected chi connectivity index (χ4v) is 2.00. The van der Waals surface area contributed by atoms with E-state index in [2.05, 4.69) is 24.3 Å². The Kier molecular flexibility index (Phi) is 5.68. The van der Waals surface area contributed by atoms with Gasteiger partial charge in [0.1, 0.15) is 5.69 Å². The molecule has 1 atom stereocenters. The number of anilines is 1. The van der Waals surface area contributed by atoms with Crippen LogP contribution < -0.4 is 11.1 Å². The minimum absolute atomic E-state index is 0.137. The zero-order chi connectivity index (χ0) is 13.5. The third-order valence-corrected chi connectivity index (χ3v) is 3.28. The molecule has 1 amide bonds. The Morgan fingerprint density at radius 2 is 2.28 bits per heavy atom. The van der Waals surface area contributed by atoms with Crippen molar-refractivity contribution in [2.24, 2.45) is 13.0 Å². The molecule has 0 aromatic carbocycles. The maximum absolute atomic E-state index is 12.0. The minimum Gasteiger partial charge on any atom is -0.396 e. The van der Waals surface area contributed by atoms with Gasteiger partial charge in [-0.25, -0.2) is 0 Å². The van der Waals surface area contributed by atoms with Crippen molar-refractivity contribution in [1.82, 2.24) is 15.1 Å². The lowest BCUT2D eigenvalue weighted by atomic mass is 9.99. The van der Waals surface area contributed by atoms with Gasteiger partial charge in [-0.1, -0.05) is 33.1 Å². The molecule has 0 fully saturated rings. The molecule has 0 radical (unpaired) electrons. The van der Waals surface area contributed by atoms with Crippen molar-refractivity contribution < 1.29 is 4.79 Å². The van der Waals surface area contributed by atoms with Gasteiger partial charge in [0.15, 0.2) is 0 Å². The summed E-state index contributed by atoms with van der Waals surface area (Å²) in [5, 5.41) is 6.91. The molecule has 1 unspecified atom stereocenters. The van der Waals surface area contributed by atoms with Crippen molar-refractivity contribution in [2.75, 3.05) is 12.3 Å². The van der Waals surface area contributed by atoms with Gasteiger partial charge in [-0.2, -0.15) is 5.10 Å². The molecule has 1 aromatic rings. The minimum atomic E-state index is -0.137. The van der Waals surface area contributed by atoms with E-state index in [-0.39, 0.29) is 5.91 Å². The standard InChI is InChI=1S/C13H24N4O/c1-4-6-7-10(5-2)8-15-13(18)12-11(14)9-16-17(12)3/h9-10H,4-8,14H2,1-3H3,(H,15,18). The van der Waals surface area contributed by atoms with E-state index in [1.54, 1.807) is 7.05 Å². The number of nitrogens with two attached hydrogens (primary N) is 1. The van der Waals surface area contributed by atoms with Crippen LogP contribution in [0.5, 0.6) is 0 Å². The number of carbonyl (C=O) groups is 1. The molecule has 0 aliphatic rings. The third-order valence-electron chi connectivity index (χ3n) is 3.28. The van der Waals surface area contributed by atoms with Crippen LogP contribution in [0.3, 0.4) is 0 Å². The van der Waals surface area contributed by atoms with Crippen molar-refractivity contribution in [1.29, 1.82) is 0 Å². The fourth-order valence-electron chi connectivity index (χ4n) is 2.00. The summed E-state index contributed by atoms with van der Waals surface area (Å²) in [6.45, 7) is 5.05. The van der Waals surface area contributed by atoms with E-state index in [0.717, 1.165) is 12.8 Å². The molecule has 1 heterocycles. The van der Waals surface area contributed by atoms with Crippen molar-refractivity contribution >= 4 is 11.6 Å². The number of aromatic nitrogens is 2. The lowest BCUT2D eigenvalue weighted by molar-refractivity contribution is 0.0937. The molecule has 1 rings (SSSR count). The molecular formula is C13H24N4O. The number of hydrogen-bond donors (Lipinski definition) is 2. The average molecular weight is 252 g/mol. The number of carbonyl (C=O) groups excluding carboxylic acids is 1. The highest BCUT2D eigenvalue weighted by atomic mass is 16.2. The maximum atomic E-state index is 12.0. The first-order chi connectivity index (χ1) is 8.60. The Balaban J connectivity index is 2.50. The summed E-state index contributed by atoms with van der Waals surface area (Å²) >= 11 is 0. The van der Waals surface area contributed by atoms with E-state index in [1.807, 2.05) is 0 Å². The zero-order valence-corrected chi connectivity index (χ0v) is 11.6. The number of nitrogens with zero attached hydrogens (tertiary/aromatic N) is 2. The van der Waals surface area contributed by atoms with Gasteiger partial charge in [0.2, 0.25) is 0 Å². The van der Waals surface area contributed by atoms with Crippen molar-refractivity contribution in [2.45, 2.75) is 39.5 Å². The van der Waals surface area contributed by atoms with Crippen LogP contribution in [-0.2, 0) is 7.05 Å². The lowest BCUT2D eigenvalue weighted by Gasteiger charge is -2.15. The highest BCUT2D eigenvalue weighted by Crippen LogP contribution is 2.13. The first kappa shape index (κ1) is 14.5. The van der Waals surface area contributed by atoms with Gasteiger partial charge in [-0.3, -0.25) is 9.48 Å². The van der Waals surface area contributed by atoms with Crippen molar-refractivity contribution in [3.63, 3.8) is 0 Å². The van der Waals surface area contributed by atoms with Crippen LogP contribution in [0.15, 0.2) is 6.20 Å². The summed E-state index contributed by atoms with van der Waals surface area (Å²) in [5.41, 5.74) is 6.59. The number of unbranched alkanes of at least 4 members (excludes halogenated alkanes) is 1. The van der Waals surface area contributed by atoms with Gasteiger partial charge in [-0.05, 0) is 12.3 Å². The smallest absolute Gasteiger partial charge is 0.271 e. The molecule has 0 saturated heterocycles. The van der Waals surface area contributed by atoms with Crippen molar-refractivity contribution in [3.8, 4) is 0 Å². The molecule has 0 bridgehead atoms. The van der Waals surface area contributed by atoms with Crippen LogP contribution in [-0.4, -0.2) is 22.2 Å². The van der Waals surface area contributed by atoms with Crippen LogP contribution in [0.4, 0.5) is 5.69 Å². The number of hydrogen-bond acceptors (Lipinski definition) is 3. The average Bonchev–Trinajstić information content (AvgIpc) is 2.69. The molecule has 0 aliphatic heterocycles. The summed E-state index contributed by atoms with van der Waals surface area (Å²) in [5.74, 6) is 0.408. The number of rotatable bonds is 7. The predicted molar refractivity (Wildman–Crippen MR) is 73.3 cm³/mol. The van der Waals surface area contributed by atoms with E-state index in [1.165, 1.54) is 23.7 Å². The number of nitrogen functional groups attached to an aromatic ring is 1. The number of nitrogens with one attached hydrogen (secondary N) is 1. The molecule has 1 aromatic heterocycles. The Bertz CT molecular complexity index is 367. The number of amides is 1. The van der Waals surface area contributed by atoms with Gasteiger partial charge in [0.05, 0.1) is 11.9 Å². The van der Waals surface area contributed by atoms with Crippen molar-refractivity contribution in [3.05, 3.63) is 11.9 Å². The zero-order valence-electron chi connectivity index (χ0n) is 11.6. The highest BCUT2D eigenvalue weighted by molar-refractivity contribution is 5.97. The van der Waals surface area contributed by atoms with E-state index < -0.39 is 0 Å². The topological polar surface area (TPSA) is 72.9 Å². The predicted octanol–water partition coefficient (Wildman–Crippen LogP) is 1.95. The lowest BCUT2D eigenvalue weighted by Crippen LogP contribution is -2.31. The molecular weight excluding hydrogens is 228 g/mol. The van der Waals surface area contributed by atoms with Crippen LogP contribution in [0.25, 0.3) is 0 Å². The summed E-state index contributed by atoms with van der Waals surface area (Å²) in [4.78, 5) is 12.0. The van der Waals surface area contributed by atoms with Crippen LogP contribution in [0.2, 0.25) is 0 Å². The Morgan fingerprint density at radius 1 is 1.56 bits per heavy atom. The summed E-state index contributed by atoms with van der Waals surface area (Å²) in [6.07, 6.45) is 6.15. The second-order valence-corrected chi connectivity index (χ2v) is 4.70. The van der Waals surface area contributed by atoms with E-state index in [9.17, 15) is 4.79 Å². The summed E-state index contributed by atoms with van der Waals surface area (Å²) in [7, 11) is 1.72. The molecule has 0 aliphatic carbocycles. The summed E-state index contributed by atoms with van der Waals surface area (Å²) in [6, 6.07) is 0. The van der Waals surface area contributed by atoms with Crippen LogP contribution >= 0.6 is 0 Å².